The molecule has 9 heteroatoms. The lowest BCUT2D eigenvalue weighted by molar-refractivity contribution is -0.0891. The number of aryl methyl sites for hydroxylation is 1. The molecule has 0 radical (unpaired) electrons. The molecule has 0 spiro atoms. The standard InChI is InChI=1S/C21H27N3O5S/c1-15-4-7-18(8-5-15)30(27,28)23-12-10-17-6-9-19(20(14-25)29-17)24-21(26)16-3-2-11-22-13-16/h2-5,7-8,11,13,17,19-20,23,25H,6,9-10,12,14H2,1H3,(H,24,26)/t17-,19+,20-/m1/s1. The van der Waals surface area contributed by atoms with Crippen LogP contribution in [0.1, 0.15) is 35.2 Å². The molecule has 162 valence electrons. The Balaban J connectivity index is 1.49. The predicted molar refractivity (Wildman–Crippen MR) is 111 cm³/mol. The van der Waals surface area contributed by atoms with Crippen LogP contribution < -0.4 is 10.0 Å². The molecule has 0 saturated carbocycles. The van der Waals surface area contributed by atoms with Gasteiger partial charge in [-0.05, 0) is 50.5 Å². The highest BCUT2D eigenvalue weighted by Crippen LogP contribution is 2.22. The number of hydrogen-bond donors (Lipinski definition) is 3. The van der Waals surface area contributed by atoms with E-state index in [-0.39, 0.29) is 36.1 Å². The predicted octanol–water partition coefficient (Wildman–Crippen LogP) is 1.40. The average Bonchev–Trinajstić information content (AvgIpc) is 2.75. The number of aromatic nitrogens is 1. The fourth-order valence-corrected chi connectivity index (χ4v) is 4.46. The molecule has 1 saturated heterocycles. The minimum atomic E-state index is -3.57. The zero-order chi connectivity index (χ0) is 21.6. The Hall–Kier alpha value is -2.33. The molecular formula is C21H27N3O5S. The molecule has 1 aromatic heterocycles. The van der Waals surface area contributed by atoms with E-state index in [2.05, 4.69) is 15.0 Å². The Kier molecular flexibility index (Phi) is 7.54. The van der Waals surface area contributed by atoms with Crippen molar-refractivity contribution in [3.63, 3.8) is 0 Å². The highest BCUT2D eigenvalue weighted by molar-refractivity contribution is 7.89. The smallest absolute Gasteiger partial charge is 0.253 e. The van der Waals surface area contributed by atoms with Crippen LogP contribution in [0, 0.1) is 6.92 Å². The first kappa shape index (κ1) is 22.4. The van der Waals surface area contributed by atoms with Gasteiger partial charge in [0, 0.05) is 18.9 Å². The molecule has 1 fully saturated rings. The molecule has 30 heavy (non-hydrogen) atoms. The summed E-state index contributed by atoms with van der Waals surface area (Å²) < 4.78 is 33.2. The van der Waals surface area contributed by atoms with Crippen molar-refractivity contribution < 1.29 is 23.1 Å². The fourth-order valence-electron chi connectivity index (χ4n) is 3.41. The number of hydrogen-bond acceptors (Lipinski definition) is 6. The van der Waals surface area contributed by atoms with Gasteiger partial charge < -0.3 is 15.2 Å². The second kappa shape index (κ2) is 10.1. The molecule has 0 aliphatic carbocycles. The number of nitrogens with zero attached hydrogens (tertiary/aromatic N) is 1. The van der Waals surface area contributed by atoms with E-state index >= 15 is 0 Å². The Morgan fingerprint density at radius 3 is 2.67 bits per heavy atom. The van der Waals surface area contributed by atoms with Crippen molar-refractivity contribution in [2.24, 2.45) is 0 Å². The minimum Gasteiger partial charge on any atom is -0.394 e. The van der Waals surface area contributed by atoms with Gasteiger partial charge in [0.1, 0.15) is 6.10 Å². The molecule has 3 atom stereocenters. The largest absolute Gasteiger partial charge is 0.394 e. The van der Waals surface area contributed by atoms with Gasteiger partial charge in [-0.1, -0.05) is 17.7 Å². The molecule has 2 heterocycles. The Morgan fingerprint density at radius 1 is 1.23 bits per heavy atom. The number of benzene rings is 1. The van der Waals surface area contributed by atoms with E-state index in [0.29, 0.717) is 24.8 Å². The van der Waals surface area contributed by atoms with E-state index in [4.69, 9.17) is 4.74 Å². The van der Waals surface area contributed by atoms with Crippen molar-refractivity contribution in [1.82, 2.24) is 15.0 Å². The fraction of sp³-hybridized carbons (Fsp3) is 0.429. The maximum Gasteiger partial charge on any atom is 0.253 e. The lowest BCUT2D eigenvalue weighted by Gasteiger charge is -2.36. The maximum atomic E-state index is 12.4. The van der Waals surface area contributed by atoms with Gasteiger partial charge in [-0.3, -0.25) is 9.78 Å². The highest BCUT2D eigenvalue weighted by atomic mass is 32.2. The van der Waals surface area contributed by atoms with E-state index in [1.54, 1.807) is 42.6 Å². The van der Waals surface area contributed by atoms with Crippen molar-refractivity contribution in [1.29, 1.82) is 0 Å². The van der Waals surface area contributed by atoms with E-state index in [1.807, 2.05) is 6.92 Å². The molecule has 2 aromatic rings. The summed E-state index contributed by atoms with van der Waals surface area (Å²) in [7, 11) is -3.57. The van der Waals surface area contributed by atoms with Gasteiger partial charge in [0.15, 0.2) is 0 Å². The molecule has 1 aliphatic rings. The van der Waals surface area contributed by atoms with E-state index in [0.717, 1.165) is 5.56 Å². The Labute approximate surface area is 176 Å². The molecule has 3 rings (SSSR count). The summed E-state index contributed by atoms with van der Waals surface area (Å²) in [5, 5.41) is 12.6. The molecule has 0 bridgehead atoms. The van der Waals surface area contributed by atoms with Crippen molar-refractivity contribution in [3.05, 3.63) is 59.9 Å². The third kappa shape index (κ3) is 5.85. The number of carbonyl (C=O) groups is 1. The van der Waals surface area contributed by atoms with Crippen LogP contribution in [-0.2, 0) is 14.8 Å². The van der Waals surface area contributed by atoms with Crippen LogP contribution in [0.15, 0.2) is 53.7 Å². The topological polar surface area (TPSA) is 118 Å². The molecule has 1 aliphatic heterocycles. The number of sulfonamides is 1. The van der Waals surface area contributed by atoms with Gasteiger partial charge in [0.25, 0.3) is 5.91 Å². The molecule has 8 nitrogen and oxygen atoms in total. The Morgan fingerprint density at radius 2 is 2.00 bits per heavy atom. The third-order valence-corrected chi connectivity index (χ3v) is 6.60. The summed E-state index contributed by atoms with van der Waals surface area (Å²) >= 11 is 0. The van der Waals surface area contributed by atoms with Crippen LogP contribution in [0.4, 0.5) is 0 Å². The number of carbonyl (C=O) groups excluding carboxylic acids is 1. The maximum absolute atomic E-state index is 12.4. The monoisotopic (exact) mass is 433 g/mol. The lowest BCUT2D eigenvalue weighted by atomic mass is 9.97. The van der Waals surface area contributed by atoms with Crippen molar-refractivity contribution in [2.45, 2.75) is 49.3 Å². The number of amides is 1. The summed E-state index contributed by atoms with van der Waals surface area (Å²) in [4.78, 5) is 16.5. The van der Waals surface area contributed by atoms with E-state index in [1.165, 1.54) is 6.20 Å². The second-order valence-corrected chi connectivity index (χ2v) is 9.14. The molecule has 0 unspecified atom stereocenters. The van der Waals surface area contributed by atoms with Crippen molar-refractivity contribution >= 4 is 15.9 Å². The first-order chi connectivity index (χ1) is 14.4. The molecule has 1 aromatic carbocycles. The number of nitrogens with one attached hydrogen (secondary N) is 2. The highest BCUT2D eigenvalue weighted by Gasteiger charge is 2.32. The van der Waals surface area contributed by atoms with Crippen LogP contribution in [0.2, 0.25) is 0 Å². The Bertz CT molecular complexity index is 935. The number of rotatable bonds is 8. The van der Waals surface area contributed by atoms with E-state index < -0.39 is 16.1 Å². The number of aliphatic hydroxyl groups is 1. The zero-order valence-electron chi connectivity index (χ0n) is 16.8. The zero-order valence-corrected chi connectivity index (χ0v) is 17.6. The second-order valence-electron chi connectivity index (χ2n) is 7.38. The summed E-state index contributed by atoms with van der Waals surface area (Å²) in [5.41, 5.74) is 1.44. The molecular weight excluding hydrogens is 406 g/mol. The molecule has 1 amide bonds. The van der Waals surface area contributed by atoms with E-state index in [9.17, 15) is 18.3 Å². The normalized spacial score (nSPS) is 21.9. The number of ether oxygens (including phenoxy) is 1. The minimum absolute atomic E-state index is 0.200. The summed E-state index contributed by atoms with van der Waals surface area (Å²) in [6.45, 7) is 1.89. The summed E-state index contributed by atoms with van der Waals surface area (Å²) in [6, 6.07) is 9.70. The summed E-state index contributed by atoms with van der Waals surface area (Å²) in [5.74, 6) is -0.264. The van der Waals surface area contributed by atoms with Crippen LogP contribution in [0.3, 0.4) is 0 Å². The van der Waals surface area contributed by atoms with Crippen LogP contribution >= 0.6 is 0 Å². The van der Waals surface area contributed by atoms with Crippen molar-refractivity contribution in [2.75, 3.05) is 13.2 Å². The average molecular weight is 434 g/mol. The van der Waals surface area contributed by atoms with Crippen LogP contribution in [0.5, 0.6) is 0 Å². The van der Waals surface area contributed by atoms with Crippen molar-refractivity contribution in [3.8, 4) is 0 Å². The first-order valence-corrected chi connectivity index (χ1v) is 11.4. The quantitative estimate of drug-likeness (QED) is 0.579. The number of aliphatic hydroxyl groups excluding tert-OH is 1. The molecule has 3 N–H and O–H groups in total. The summed E-state index contributed by atoms with van der Waals surface area (Å²) in [6.07, 6.45) is 4.09. The first-order valence-electron chi connectivity index (χ1n) is 9.92. The van der Waals surface area contributed by atoms with Gasteiger partial charge >= 0.3 is 0 Å². The SMILES string of the molecule is Cc1ccc(S(=O)(=O)NCC[C@H]2CC[C@H](NC(=O)c3cccnc3)[C@@H](CO)O2)cc1. The van der Waals surface area contributed by atoms with Gasteiger partial charge in [-0.2, -0.15) is 0 Å². The van der Waals surface area contributed by atoms with Gasteiger partial charge in [0.05, 0.1) is 29.2 Å². The van der Waals surface area contributed by atoms with Gasteiger partial charge in [-0.15, -0.1) is 0 Å². The lowest BCUT2D eigenvalue weighted by Crippen LogP contribution is -2.51. The van der Waals surface area contributed by atoms with Crippen LogP contribution in [0.25, 0.3) is 0 Å². The van der Waals surface area contributed by atoms with Crippen LogP contribution in [-0.4, -0.2) is 55.8 Å². The number of pyridine rings is 1. The van der Waals surface area contributed by atoms with Gasteiger partial charge in [0.2, 0.25) is 10.0 Å². The van der Waals surface area contributed by atoms with Gasteiger partial charge in [-0.25, -0.2) is 13.1 Å². The third-order valence-electron chi connectivity index (χ3n) is 5.13.